The summed E-state index contributed by atoms with van der Waals surface area (Å²) >= 11 is 1.19. The second kappa shape index (κ2) is 13.1. The van der Waals surface area contributed by atoms with Crippen LogP contribution in [0.4, 0.5) is 13.2 Å². The molecule has 0 aliphatic carbocycles. The molecule has 2 fully saturated rings. The van der Waals surface area contributed by atoms with E-state index in [4.69, 9.17) is 9.84 Å². The summed E-state index contributed by atoms with van der Waals surface area (Å²) in [5.41, 5.74) is 1.76. The zero-order valence-corrected chi connectivity index (χ0v) is 25.8. The Morgan fingerprint density at radius 2 is 1.93 bits per heavy atom. The van der Waals surface area contributed by atoms with E-state index >= 15 is 0 Å². The molecule has 0 bridgehead atoms. The van der Waals surface area contributed by atoms with Crippen molar-refractivity contribution >= 4 is 21.8 Å². The Bertz CT molecular complexity index is 1350. The molecule has 0 amide bonds. The number of thioether (sulfide) groups is 1. The average Bonchev–Trinajstić information content (AvgIpc) is 3.57. The molecule has 234 valence electrons. The Balaban J connectivity index is 1.45. The Morgan fingerprint density at radius 1 is 1.17 bits per heavy atom. The molecule has 14 heteroatoms. The number of rotatable bonds is 10. The van der Waals surface area contributed by atoms with Crippen LogP contribution in [0.5, 0.6) is 0 Å². The van der Waals surface area contributed by atoms with Crippen LogP contribution in [0, 0.1) is 0 Å². The van der Waals surface area contributed by atoms with Crippen molar-refractivity contribution in [2.24, 2.45) is 0 Å². The molecule has 42 heavy (non-hydrogen) atoms. The van der Waals surface area contributed by atoms with Gasteiger partial charge in [0.15, 0.2) is 0 Å². The van der Waals surface area contributed by atoms with Crippen LogP contribution in [0.25, 0.3) is 11.3 Å². The number of morpholine rings is 1. The number of alkyl halides is 3. The maximum atomic E-state index is 14.0. The highest BCUT2D eigenvalue weighted by Crippen LogP contribution is 2.40. The number of hydrogen-bond donors (Lipinski definition) is 1. The monoisotopic (exact) mass is 631 g/mol. The van der Waals surface area contributed by atoms with Crippen molar-refractivity contribution in [1.82, 2.24) is 23.9 Å². The van der Waals surface area contributed by atoms with Crippen LogP contribution in [0.3, 0.4) is 0 Å². The van der Waals surface area contributed by atoms with E-state index in [1.165, 1.54) is 28.2 Å². The van der Waals surface area contributed by atoms with Gasteiger partial charge in [0.2, 0.25) is 10.0 Å². The van der Waals surface area contributed by atoms with E-state index in [1.807, 2.05) is 6.92 Å². The number of likely N-dealkylation sites (tertiary alicyclic amines) is 1. The minimum Gasteiger partial charge on any atom is -0.390 e. The normalized spacial score (nSPS) is 22.0. The second-order valence-electron chi connectivity index (χ2n) is 11.5. The van der Waals surface area contributed by atoms with Crippen molar-refractivity contribution in [3.8, 4) is 11.3 Å². The van der Waals surface area contributed by atoms with Crippen LogP contribution >= 0.6 is 11.8 Å². The van der Waals surface area contributed by atoms with Gasteiger partial charge in [-0.1, -0.05) is 6.07 Å². The van der Waals surface area contributed by atoms with Gasteiger partial charge >= 0.3 is 6.18 Å². The van der Waals surface area contributed by atoms with Crippen molar-refractivity contribution in [2.75, 3.05) is 64.5 Å². The van der Waals surface area contributed by atoms with E-state index in [9.17, 15) is 26.7 Å². The largest absolute Gasteiger partial charge is 0.417 e. The van der Waals surface area contributed by atoms with Crippen molar-refractivity contribution in [2.45, 2.75) is 62.5 Å². The summed E-state index contributed by atoms with van der Waals surface area (Å²) in [4.78, 5) is 4.57. The lowest BCUT2D eigenvalue weighted by Crippen LogP contribution is -2.47. The minimum atomic E-state index is -4.50. The fraction of sp³-hybridized carbons (Fsp3) is 0.679. The van der Waals surface area contributed by atoms with E-state index in [0.717, 1.165) is 50.5 Å². The number of aliphatic hydroxyl groups is 1. The Morgan fingerprint density at radius 3 is 2.62 bits per heavy atom. The van der Waals surface area contributed by atoms with Crippen LogP contribution in [-0.2, 0) is 40.4 Å². The summed E-state index contributed by atoms with van der Waals surface area (Å²) in [6.45, 7) is 7.63. The van der Waals surface area contributed by atoms with Crippen molar-refractivity contribution in [1.29, 1.82) is 0 Å². The fourth-order valence-electron chi connectivity index (χ4n) is 6.01. The number of aromatic nitrogens is 2. The van der Waals surface area contributed by atoms with E-state index < -0.39 is 27.9 Å². The summed E-state index contributed by atoms with van der Waals surface area (Å²) in [6.07, 6.45) is -1.45. The summed E-state index contributed by atoms with van der Waals surface area (Å²) in [5.74, 6) is 0.535. The molecule has 1 aromatic heterocycles. The Labute approximate surface area is 250 Å². The number of aliphatic hydroxyl groups excluding tert-OH is 1. The topological polar surface area (TPSA) is 91.1 Å². The standard InChI is InChI=1S/C28H40F3N5O4S2/c1-20-19-40-13-11-34(20)16-22(37)17-36-25-7-10-35(42(2,38)39)18-23(25)27(32-36)21-5-6-24(28(29,30)31)26(15-21)41-14-12-33-8-3-4-9-33/h5-6,15,20,22,37H,3-4,7-14,16-19H2,1-2H3/t20-,22?/m0/s1. The predicted molar refractivity (Wildman–Crippen MR) is 156 cm³/mol. The smallest absolute Gasteiger partial charge is 0.390 e. The lowest BCUT2D eigenvalue weighted by atomic mass is 10.0. The van der Waals surface area contributed by atoms with Crippen LogP contribution in [0.2, 0.25) is 0 Å². The molecule has 9 nitrogen and oxygen atoms in total. The first-order chi connectivity index (χ1) is 19.9. The summed E-state index contributed by atoms with van der Waals surface area (Å²) in [6, 6.07) is 4.23. The van der Waals surface area contributed by atoms with Gasteiger partial charge in [-0.25, -0.2) is 8.42 Å². The molecule has 2 saturated heterocycles. The van der Waals surface area contributed by atoms with Crippen LogP contribution in [-0.4, -0.2) is 114 Å². The van der Waals surface area contributed by atoms with Gasteiger partial charge in [0.25, 0.3) is 0 Å². The first-order valence-corrected chi connectivity index (χ1v) is 17.3. The van der Waals surface area contributed by atoms with E-state index in [2.05, 4.69) is 9.80 Å². The number of benzene rings is 1. The van der Waals surface area contributed by atoms with Crippen LogP contribution in [0.1, 0.15) is 36.6 Å². The molecular formula is C28H40F3N5O4S2. The molecule has 5 rings (SSSR count). The molecular weight excluding hydrogens is 591 g/mol. The van der Waals surface area contributed by atoms with Gasteiger partial charge in [-0.3, -0.25) is 9.58 Å². The highest BCUT2D eigenvalue weighted by Gasteiger charge is 2.35. The van der Waals surface area contributed by atoms with E-state index in [1.54, 1.807) is 4.68 Å². The van der Waals surface area contributed by atoms with Crippen LogP contribution < -0.4 is 0 Å². The van der Waals surface area contributed by atoms with Crippen molar-refractivity contribution < 1.29 is 31.4 Å². The SMILES string of the molecule is C[C@H]1COCCN1CC(O)Cn1nc(-c2ccc(C(F)(F)F)c(SCCN3CCCC3)c2)c2c1CCN(S(C)(=O)=O)C2. The molecule has 0 spiro atoms. The van der Waals surface area contributed by atoms with Gasteiger partial charge in [-0.05, 0) is 45.0 Å². The number of sulfonamides is 1. The zero-order valence-electron chi connectivity index (χ0n) is 24.1. The van der Waals surface area contributed by atoms with Crippen LogP contribution in [0.15, 0.2) is 23.1 Å². The number of hydrogen-bond acceptors (Lipinski definition) is 8. The number of ether oxygens (including phenoxy) is 1. The number of fused-ring (bicyclic) bond motifs is 1. The molecule has 0 saturated carbocycles. The van der Waals surface area contributed by atoms with Crippen molar-refractivity contribution in [3.05, 3.63) is 35.0 Å². The molecule has 2 aromatic rings. The average molecular weight is 632 g/mol. The lowest BCUT2D eigenvalue weighted by Gasteiger charge is -2.34. The number of halogens is 3. The first-order valence-electron chi connectivity index (χ1n) is 14.5. The van der Waals surface area contributed by atoms with Gasteiger partial charge < -0.3 is 14.7 Å². The second-order valence-corrected chi connectivity index (χ2v) is 14.6. The zero-order chi connectivity index (χ0) is 30.1. The summed E-state index contributed by atoms with van der Waals surface area (Å²) in [7, 11) is -3.49. The Hall–Kier alpha value is -1.68. The highest BCUT2D eigenvalue weighted by atomic mass is 32.2. The first kappa shape index (κ1) is 31.7. The highest BCUT2D eigenvalue weighted by molar-refractivity contribution is 7.99. The molecule has 4 heterocycles. The third-order valence-electron chi connectivity index (χ3n) is 8.33. The number of β-amino-alcohol motifs (C(OH)–C–C–N with tert-alkyl or cyclic N) is 1. The third kappa shape index (κ3) is 7.51. The fourth-order valence-corrected chi connectivity index (χ4v) is 7.91. The molecule has 0 radical (unpaired) electrons. The molecule has 3 aliphatic heterocycles. The molecule has 1 N–H and O–H groups in total. The minimum absolute atomic E-state index is 0.0819. The lowest BCUT2D eigenvalue weighted by molar-refractivity contribution is -0.139. The number of nitrogens with zero attached hydrogens (tertiary/aromatic N) is 5. The van der Waals surface area contributed by atoms with Gasteiger partial charge in [0.05, 0.1) is 43.4 Å². The Kier molecular flexibility index (Phi) is 9.92. The van der Waals surface area contributed by atoms with Crippen molar-refractivity contribution in [3.63, 3.8) is 0 Å². The van der Waals surface area contributed by atoms with E-state index in [-0.39, 0.29) is 30.6 Å². The van der Waals surface area contributed by atoms with Gasteiger partial charge in [0.1, 0.15) is 0 Å². The van der Waals surface area contributed by atoms with Gasteiger partial charge in [0, 0.05) is 72.7 Å². The third-order valence-corrected chi connectivity index (χ3v) is 10.6. The van der Waals surface area contributed by atoms with Gasteiger partial charge in [-0.2, -0.15) is 22.6 Å². The summed E-state index contributed by atoms with van der Waals surface area (Å²) < 4.78 is 75.4. The molecule has 2 atom stereocenters. The predicted octanol–water partition coefficient (Wildman–Crippen LogP) is 3.16. The summed E-state index contributed by atoms with van der Waals surface area (Å²) in [5, 5.41) is 15.8. The molecule has 3 aliphatic rings. The van der Waals surface area contributed by atoms with Gasteiger partial charge in [-0.15, -0.1) is 11.8 Å². The molecule has 1 unspecified atom stereocenters. The maximum absolute atomic E-state index is 14.0. The molecule has 1 aromatic carbocycles. The van der Waals surface area contributed by atoms with E-state index in [0.29, 0.717) is 55.3 Å². The maximum Gasteiger partial charge on any atom is 0.417 e. The quantitative estimate of drug-likeness (QED) is 0.400.